The minimum absolute atomic E-state index is 0.0340. The number of nitrogens with zero attached hydrogens (tertiary/aromatic N) is 4. The smallest absolute Gasteiger partial charge is 0.417 e. The van der Waals surface area contributed by atoms with Gasteiger partial charge >= 0.3 is 12.1 Å². The summed E-state index contributed by atoms with van der Waals surface area (Å²) in [5.41, 5.74) is -0.968. The van der Waals surface area contributed by atoms with Gasteiger partial charge in [-0.2, -0.15) is 13.2 Å². The van der Waals surface area contributed by atoms with Crippen molar-refractivity contribution in [3.63, 3.8) is 0 Å². The molecule has 9 heteroatoms. The van der Waals surface area contributed by atoms with Gasteiger partial charge in [-0.25, -0.2) is 4.68 Å². The van der Waals surface area contributed by atoms with E-state index in [1.54, 1.807) is 0 Å². The molecule has 1 aromatic carbocycles. The summed E-state index contributed by atoms with van der Waals surface area (Å²) in [5.74, 6) is -1.02. The Balaban J connectivity index is 2.32. The monoisotopic (exact) mass is 300 g/mol. The van der Waals surface area contributed by atoms with Crippen LogP contribution in [0.2, 0.25) is 0 Å². The van der Waals surface area contributed by atoms with Crippen molar-refractivity contribution in [3.05, 3.63) is 29.8 Å². The number of carbonyl (C=O) groups is 1. The first-order chi connectivity index (χ1) is 9.89. The molecule has 0 aliphatic heterocycles. The van der Waals surface area contributed by atoms with Crippen molar-refractivity contribution in [1.29, 1.82) is 0 Å². The Morgan fingerprint density at radius 3 is 2.67 bits per heavy atom. The highest BCUT2D eigenvalue weighted by atomic mass is 19.4. The molecular weight excluding hydrogens is 289 g/mol. The molecule has 1 heterocycles. The number of tetrazole rings is 1. The van der Waals surface area contributed by atoms with E-state index in [9.17, 15) is 18.0 Å². The molecule has 2 rings (SSSR count). The Morgan fingerprint density at radius 2 is 2.00 bits per heavy atom. The third-order valence-electron chi connectivity index (χ3n) is 2.77. The van der Waals surface area contributed by atoms with Crippen LogP contribution in [-0.4, -0.2) is 31.3 Å². The van der Waals surface area contributed by atoms with Crippen molar-refractivity contribution in [2.45, 2.75) is 25.6 Å². The molecule has 0 atom stereocenters. The van der Waals surface area contributed by atoms with E-state index >= 15 is 0 Å². The highest BCUT2D eigenvalue weighted by Gasteiger charge is 2.34. The number of hydrogen-bond donors (Lipinski definition) is 1. The van der Waals surface area contributed by atoms with E-state index in [0.717, 1.165) is 6.07 Å². The quantitative estimate of drug-likeness (QED) is 0.915. The number of hydrogen-bond acceptors (Lipinski definition) is 4. The van der Waals surface area contributed by atoms with Gasteiger partial charge in [-0.1, -0.05) is 18.2 Å². The van der Waals surface area contributed by atoms with E-state index in [4.69, 9.17) is 5.11 Å². The first-order valence-corrected chi connectivity index (χ1v) is 6.04. The van der Waals surface area contributed by atoms with Crippen LogP contribution in [0.3, 0.4) is 0 Å². The topological polar surface area (TPSA) is 80.9 Å². The van der Waals surface area contributed by atoms with Crippen LogP contribution < -0.4 is 0 Å². The molecule has 0 saturated carbocycles. The Hall–Kier alpha value is -2.45. The maximum absolute atomic E-state index is 13.0. The van der Waals surface area contributed by atoms with Gasteiger partial charge in [0, 0.05) is 18.5 Å². The number of carboxylic acids is 1. The first kappa shape index (κ1) is 14.9. The SMILES string of the molecule is O=C(O)CCCn1nnnc1-c1ccccc1C(F)(F)F. The van der Waals surface area contributed by atoms with Crippen LogP contribution in [0, 0.1) is 0 Å². The van der Waals surface area contributed by atoms with Crippen molar-refractivity contribution in [3.8, 4) is 11.4 Å². The maximum atomic E-state index is 13.0. The number of halogens is 3. The van der Waals surface area contributed by atoms with Gasteiger partial charge in [0.15, 0.2) is 5.82 Å². The van der Waals surface area contributed by atoms with E-state index in [1.165, 1.54) is 22.9 Å². The lowest BCUT2D eigenvalue weighted by atomic mass is 10.1. The second kappa shape index (κ2) is 5.90. The number of aryl methyl sites for hydroxylation is 1. The lowest BCUT2D eigenvalue weighted by Crippen LogP contribution is -2.10. The molecule has 0 radical (unpaired) electrons. The zero-order valence-corrected chi connectivity index (χ0v) is 10.7. The van der Waals surface area contributed by atoms with Crippen LogP contribution in [0.25, 0.3) is 11.4 Å². The second-order valence-electron chi connectivity index (χ2n) is 4.27. The summed E-state index contributed by atoms with van der Waals surface area (Å²) in [7, 11) is 0. The van der Waals surface area contributed by atoms with E-state index in [0.29, 0.717) is 0 Å². The molecule has 0 unspecified atom stereocenters. The van der Waals surface area contributed by atoms with Crippen molar-refractivity contribution < 1.29 is 23.1 Å². The summed E-state index contributed by atoms with van der Waals surface area (Å²) in [5, 5.41) is 19.2. The molecule has 1 N–H and O–H groups in total. The molecule has 0 aliphatic rings. The average Bonchev–Trinajstić information content (AvgIpc) is 2.85. The summed E-state index contributed by atoms with van der Waals surface area (Å²) in [6.45, 7) is 0.126. The van der Waals surface area contributed by atoms with Gasteiger partial charge in [0.2, 0.25) is 0 Å². The van der Waals surface area contributed by atoms with Crippen molar-refractivity contribution >= 4 is 5.97 Å². The summed E-state index contributed by atoms with van der Waals surface area (Å²) in [4.78, 5) is 10.5. The predicted molar refractivity (Wildman–Crippen MR) is 65.1 cm³/mol. The number of benzene rings is 1. The molecular formula is C12H11F3N4O2. The molecule has 1 aromatic heterocycles. The fourth-order valence-electron chi connectivity index (χ4n) is 1.85. The van der Waals surface area contributed by atoms with Crippen LogP contribution in [0.15, 0.2) is 24.3 Å². The Bertz CT molecular complexity index is 639. The Kier molecular flexibility index (Phi) is 4.20. The number of aliphatic carboxylic acids is 1. The number of rotatable bonds is 5. The molecule has 0 bridgehead atoms. The molecule has 0 spiro atoms. The van der Waals surface area contributed by atoms with Gasteiger partial charge in [-0.05, 0) is 22.9 Å². The second-order valence-corrected chi connectivity index (χ2v) is 4.27. The van der Waals surface area contributed by atoms with Crippen molar-refractivity contribution in [2.75, 3.05) is 0 Å². The molecule has 0 saturated heterocycles. The third-order valence-corrected chi connectivity index (χ3v) is 2.77. The largest absolute Gasteiger partial charge is 0.481 e. The average molecular weight is 300 g/mol. The van der Waals surface area contributed by atoms with Gasteiger partial charge < -0.3 is 5.11 Å². The zero-order valence-electron chi connectivity index (χ0n) is 10.7. The zero-order chi connectivity index (χ0) is 15.5. The fourth-order valence-corrected chi connectivity index (χ4v) is 1.85. The minimum atomic E-state index is -4.52. The van der Waals surface area contributed by atoms with Gasteiger partial charge in [0.05, 0.1) is 5.56 Å². The number of carboxylic acid groups (broad SMARTS) is 1. The van der Waals surface area contributed by atoms with E-state index in [1.807, 2.05) is 0 Å². The van der Waals surface area contributed by atoms with Gasteiger partial charge in [-0.15, -0.1) is 5.10 Å². The molecule has 2 aromatic rings. The minimum Gasteiger partial charge on any atom is -0.481 e. The number of alkyl halides is 3. The maximum Gasteiger partial charge on any atom is 0.417 e. The summed E-state index contributed by atoms with van der Waals surface area (Å²) in [6, 6.07) is 4.97. The molecule has 6 nitrogen and oxygen atoms in total. The lowest BCUT2D eigenvalue weighted by Gasteiger charge is -2.12. The lowest BCUT2D eigenvalue weighted by molar-refractivity contribution is -0.138. The van der Waals surface area contributed by atoms with Crippen LogP contribution in [0.4, 0.5) is 13.2 Å². The van der Waals surface area contributed by atoms with Gasteiger partial charge in [-0.3, -0.25) is 4.79 Å². The van der Waals surface area contributed by atoms with E-state index in [2.05, 4.69) is 15.5 Å². The normalized spacial score (nSPS) is 11.6. The standard InChI is InChI=1S/C12H11F3N4O2/c13-12(14,15)9-5-2-1-4-8(9)11-16-17-18-19(11)7-3-6-10(20)21/h1-2,4-5H,3,6-7H2,(H,20,21). The van der Waals surface area contributed by atoms with E-state index < -0.39 is 17.7 Å². The third kappa shape index (κ3) is 3.56. The van der Waals surface area contributed by atoms with E-state index in [-0.39, 0.29) is 30.8 Å². The summed E-state index contributed by atoms with van der Waals surface area (Å²) < 4.78 is 40.1. The van der Waals surface area contributed by atoms with Crippen LogP contribution in [0.1, 0.15) is 18.4 Å². The Morgan fingerprint density at radius 1 is 1.29 bits per heavy atom. The fraction of sp³-hybridized carbons (Fsp3) is 0.333. The molecule has 21 heavy (non-hydrogen) atoms. The molecule has 0 fully saturated rings. The van der Waals surface area contributed by atoms with Gasteiger partial charge in [0.25, 0.3) is 0 Å². The van der Waals surface area contributed by atoms with Crippen LogP contribution in [0.5, 0.6) is 0 Å². The highest BCUT2D eigenvalue weighted by molar-refractivity contribution is 5.66. The Labute approximate surface area is 117 Å². The molecule has 0 amide bonds. The highest BCUT2D eigenvalue weighted by Crippen LogP contribution is 2.35. The van der Waals surface area contributed by atoms with Crippen LogP contribution in [-0.2, 0) is 17.5 Å². The molecule has 112 valence electrons. The van der Waals surface area contributed by atoms with Crippen molar-refractivity contribution in [2.24, 2.45) is 0 Å². The molecule has 0 aliphatic carbocycles. The first-order valence-electron chi connectivity index (χ1n) is 6.04. The van der Waals surface area contributed by atoms with Crippen molar-refractivity contribution in [1.82, 2.24) is 20.2 Å². The predicted octanol–water partition coefficient (Wildman–Crippen LogP) is 2.22. The van der Waals surface area contributed by atoms with Gasteiger partial charge in [0.1, 0.15) is 0 Å². The number of aromatic nitrogens is 4. The van der Waals surface area contributed by atoms with Crippen LogP contribution >= 0.6 is 0 Å². The summed E-state index contributed by atoms with van der Waals surface area (Å²) >= 11 is 0. The summed E-state index contributed by atoms with van der Waals surface area (Å²) in [6.07, 6.45) is -4.41.